The smallest absolute Gasteiger partial charge is 0.0843 e. The number of rotatable bonds is 2. The molecule has 0 saturated carbocycles. The number of hydrogen-bond donors (Lipinski definition) is 1. The number of halogens is 2. The lowest BCUT2D eigenvalue weighted by Crippen LogP contribution is -2.33. The Morgan fingerprint density at radius 2 is 1.90 bits per heavy atom. The van der Waals surface area contributed by atoms with E-state index in [1.54, 1.807) is 0 Å². The standard InChI is InChI=1S/C16H17Br2NS/c1-10-2-4-11(5-3-10)13-9-19-7-6-12(13)15-8-14(17)16(18)20-15/h2-5,8,12-13,19H,6-7,9H2,1H3. The maximum Gasteiger partial charge on any atom is 0.0843 e. The van der Waals surface area contributed by atoms with Crippen molar-refractivity contribution in [2.24, 2.45) is 0 Å². The van der Waals surface area contributed by atoms with E-state index >= 15 is 0 Å². The van der Waals surface area contributed by atoms with Crippen LogP contribution in [-0.4, -0.2) is 13.1 Å². The third-order valence-electron chi connectivity index (χ3n) is 4.02. The molecule has 20 heavy (non-hydrogen) atoms. The highest BCUT2D eigenvalue weighted by Gasteiger charge is 2.29. The van der Waals surface area contributed by atoms with Crippen LogP contribution in [0, 0.1) is 6.92 Å². The lowest BCUT2D eigenvalue weighted by molar-refractivity contribution is 0.408. The first-order valence-corrected chi connectivity index (χ1v) is 9.27. The topological polar surface area (TPSA) is 12.0 Å². The molecule has 2 heterocycles. The van der Waals surface area contributed by atoms with Crippen LogP contribution in [0.4, 0.5) is 0 Å². The molecule has 1 aliphatic rings. The summed E-state index contributed by atoms with van der Waals surface area (Å²) >= 11 is 9.11. The van der Waals surface area contributed by atoms with E-state index in [-0.39, 0.29) is 0 Å². The van der Waals surface area contributed by atoms with Crippen LogP contribution in [0.2, 0.25) is 0 Å². The van der Waals surface area contributed by atoms with Crippen molar-refractivity contribution in [3.63, 3.8) is 0 Å². The van der Waals surface area contributed by atoms with E-state index in [2.05, 4.69) is 74.4 Å². The van der Waals surface area contributed by atoms with Crippen LogP contribution < -0.4 is 5.32 Å². The third-order valence-corrected chi connectivity index (χ3v) is 7.41. The van der Waals surface area contributed by atoms with Gasteiger partial charge in [0.15, 0.2) is 0 Å². The van der Waals surface area contributed by atoms with Crippen LogP contribution in [0.25, 0.3) is 0 Å². The molecule has 3 rings (SSSR count). The van der Waals surface area contributed by atoms with Crippen molar-refractivity contribution < 1.29 is 0 Å². The molecular weight excluding hydrogens is 398 g/mol. The van der Waals surface area contributed by atoms with E-state index in [1.165, 1.54) is 30.7 Å². The molecule has 0 bridgehead atoms. The molecule has 0 amide bonds. The number of piperidine rings is 1. The van der Waals surface area contributed by atoms with Gasteiger partial charge in [0.05, 0.1) is 3.79 Å². The Hall–Kier alpha value is -0.160. The SMILES string of the molecule is Cc1ccc(C2CNCCC2c2cc(Br)c(Br)s2)cc1. The summed E-state index contributed by atoms with van der Waals surface area (Å²) in [4.78, 5) is 1.48. The van der Waals surface area contributed by atoms with Crippen molar-refractivity contribution in [3.8, 4) is 0 Å². The monoisotopic (exact) mass is 413 g/mol. The fraction of sp³-hybridized carbons (Fsp3) is 0.375. The van der Waals surface area contributed by atoms with Gasteiger partial charge in [0, 0.05) is 27.7 Å². The molecule has 0 spiro atoms. The zero-order valence-corrected chi connectivity index (χ0v) is 15.3. The summed E-state index contributed by atoms with van der Waals surface area (Å²) < 4.78 is 2.38. The molecule has 1 N–H and O–H groups in total. The van der Waals surface area contributed by atoms with Gasteiger partial charge in [-0.05, 0) is 63.4 Å². The second kappa shape index (κ2) is 6.30. The third kappa shape index (κ3) is 3.03. The van der Waals surface area contributed by atoms with Gasteiger partial charge in [-0.25, -0.2) is 0 Å². The largest absolute Gasteiger partial charge is 0.316 e. The van der Waals surface area contributed by atoms with Crippen molar-refractivity contribution in [3.05, 3.63) is 54.6 Å². The van der Waals surface area contributed by atoms with Gasteiger partial charge >= 0.3 is 0 Å². The van der Waals surface area contributed by atoms with E-state index in [0.29, 0.717) is 11.8 Å². The van der Waals surface area contributed by atoms with Crippen molar-refractivity contribution >= 4 is 43.2 Å². The zero-order chi connectivity index (χ0) is 14.1. The summed E-state index contributed by atoms with van der Waals surface area (Å²) in [5.41, 5.74) is 2.78. The van der Waals surface area contributed by atoms with Gasteiger partial charge in [0.25, 0.3) is 0 Å². The molecule has 106 valence electrons. The number of aryl methyl sites for hydroxylation is 1. The summed E-state index contributed by atoms with van der Waals surface area (Å²) in [6.45, 7) is 4.33. The predicted molar refractivity (Wildman–Crippen MR) is 93.9 cm³/mol. The van der Waals surface area contributed by atoms with Gasteiger partial charge in [-0.1, -0.05) is 29.8 Å². The Balaban J connectivity index is 1.92. The highest BCUT2D eigenvalue weighted by molar-refractivity contribution is 9.13. The number of thiophene rings is 1. The van der Waals surface area contributed by atoms with Crippen molar-refractivity contribution in [2.75, 3.05) is 13.1 Å². The highest BCUT2D eigenvalue weighted by atomic mass is 79.9. The number of nitrogens with one attached hydrogen (secondary N) is 1. The minimum Gasteiger partial charge on any atom is -0.316 e. The Bertz CT molecular complexity index is 572. The summed E-state index contributed by atoms with van der Waals surface area (Å²) in [5.74, 6) is 1.19. The Morgan fingerprint density at radius 3 is 2.55 bits per heavy atom. The molecule has 4 heteroatoms. The van der Waals surface area contributed by atoms with E-state index in [0.717, 1.165) is 13.1 Å². The lowest BCUT2D eigenvalue weighted by Gasteiger charge is -2.32. The van der Waals surface area contributed by atoms with Gasteiger partial charge in [-0.2, -0.15) is 0 Å². The van der Waals surface area contributed by atoms with Gasteiger partial charge in [0.2, 0.25) is 0 Å². The zero-order valence-electron chi connectivity index (χ0n) is 11.3. The first-order chi connectivity index (χ1) is 9.65. The second-order valence-corrected chi connectivity index (χ2v) is 8.64. The van der Waals surface area contributed by atoms with Crippen LogP contribution in [0.15, 0.2) is 38.6 Å². The summed E-state index contributed by atoms with van der Waals surface area (Å²) in [6.07, 6.45) is 1.21. The normalized spacial score (nSPS) is 22.9. The summed E-state index contributed by atoms with van der Waals surface area (Å²) in [5, 5.41) is 3.55. The molecule has 2 aromatic rings. The van der Waals surface area contributed by atoms with E-state index in [1.807, 2.05) is 11.3 Å². The molecule has 1 fully saturated rings. The molecule has 1 aromatic heterocycles. The predicted octanol–water partition coefficient (Wildman–Crippen LogP) is 5.44. The number of hydrogen-bond acceptors (Lipinski definition) is 2. The van der Waals surface area contributed by atoms with Gasteiger partial charge < -0.3 is 5.32 Å². The average molecular weight is 415 g/mol. The molecule has 2 unspecified atom stereocenters. The Labute approximate surface area is 141 Å². The van der Waals surface area contributed by atoms with Gasteiger partial charge in [-0.3, -0.25) is 0 Å². The fourth-order valence-corrected chi connectivity index (χ4v) is 5.20. The van der Waals surface area contributed by atoms with Crippen LogP contribution in [0.5, 0.6) is 0 Å². The van der Waals surface area contributed by atoms with E-state index in [4.69, 9.17) is 0 Å². The number of benzene rings is 1. The molecule has 1 aromatic carbocycles. The molecule has 1 nitrogen and oxygen atoms in total. The Kier molecular flexibility index (Phi) is 4.65. The average Bonchev–Trinajstić information content (AvgIpc) is 2.79. The van der Waals surface area contributed by atoms with Crippen molar-refractivity contribution in [2.45, 2.75) is 25.2 Å². The first kappa shape index (κ1) is 14.8. The first-order valence-electron chi connectivity index (χ1n) is 6.87. The van der Waals surface area contributed by atoms with E-state index < -0.39 is 0 Å². The maximum atomic E-state index is 3.62. The molecule has 2 atom stereocenters. The molecule has 1 saturated heterocycles. The molecular formula is C16H17Br2NS. The Morgan fingerprint density at radius 1 is 1.15 bits per heavy atom. The van der Waals surface area contributed by atoms with Crippen LogP contribution in [-0.2, 0) is 0 Å². The van der Waals surface area contributed by atoms with Crippen LogP contribution >= 0.6 is 43.2 Å². The van der Waals surface area contributed by atoms with Crippen LogP contribution in [0.3, 0.4) is 0 Å². The quantitative estimate of drug-likeness (QED) is 0.689. The summed E-state index contributed by atoms with van der Waals surface area (Å²) in [6, 6.07) is 11.3. The van der Waals surface area contributed by atoms with E-state index in [9.17, 15) is 0 Å². The fourth-order valence-electron chi connectivity index (χ4n) is 2.91. The minimum absolute atomic E-state index is 0.571. The minimum atomic E-state index is 0.571. The van der Waals surface area contributed by atoms with Crippen LogP contribution in [0.1, 0.15) is 34.3 Å². The second-order valence-electron chi connectivity index (χ2n) is 5.39. The highest BCUT2D eigenvalue weighted by Crippen LogP contribution is 2.44. The van der Waals surface area contributed by atoms with Crippen molar-refractivity contribution in [1.29, 1.82) is 0 Å². The van der Waals surface area contributed by atoms with Gasteiger partial charge in [-0.15, -0.1) is 11.3 Å². The maximum absolute atomic E-state index is 3.62. The molecule has 0 radical (unpaired) electrons. The lowest BCUT2D eigenvalue weighted by atomic mass is 9.80. The van der Waals surface area contributed by atoms with Crippen molar-refractivity contribution in [1.82, 2.24) is 5.32 Å². The summed E-state index contributed by atoms with van der Waals surface area (Å²) in [7, 11) is 0. The van der Waals surface area contributed by atoms with Gasteiger partial charge in [0.1, 0.15) is 0 Å². The molecule has 0 aliphatic carbocycles. The molecule has 1 aliphatic heterocycles.